The maximum absolute atomic E-state index is 11.2. The highest BCUT2D eigenvalue weighted by Gasteiger charge is 2.27. The van der Waals surface area contributed by atoms with E-state index in [2.05, 4.69) is 19.8 Å². The summed E-state index contributed by atoms with van der Waals surface area (Å²) in [4.78, 5) is 34.8. The highest BCUT2D eigenvalue weighted by molar-refractivity contribution is 5.77. The highest BCUT2D eigenvalue weighted by atomic mass is 16.5. The third-order valence-corrected chi connectivity index (χ3v) is 3.60. The molecule has 1 aliphatic rings. The molecule has 2 rings (SSSR count). The Morgan fingerprint density at radius 1 is 1.15 bits per heavy atom. The van der Waals surface area contributed by atoms with Gasteiger partial charge < -0.3 is 9.64 Å². The van der Waals surface area contributed by atoms with E-state index in [9.17, 15) is 9.59 Å². The van der Waals surface area contributed by atoms with E-state index in [1.165, 1.54) is 6.92 Å². The summed E-state index contributed by atoms with van der Waals surface area (Å²) >= 11 is 0. The quantitative estimate of drug-likeness (QED) is 0.734. The fourth-order valence-corrected chi connectivity index (χ4v) is 2.50. The Morgan fingerprint density at radius 2 is 1.73 bits per heavy atom. The number of carbonyl (C=O) groups is 2. The first kappa shape index (κ1) is 24.0. The van der Waals surface area contributed by atoms with Crippen LogP contribution in [0.5, 0.6) is 5.75 Å². The van der Waals surface area contributed by atoms with Crippen LogP contribution >= 0.6 is 0 Å². The van der Waals surface area contributed by atoms with Crippen LogP contribution in [-0.4, -0.2) is 65.8 Å². The zero-order chi connectivity index (χ0) is 20.1. The molecule has 1 aliphatic heterocycles. The van der Waals surface area contributed by atoms with Crippen molar-refractivity contribution >= 4 is 17.5 Å². The lowest BCUT2D eigenvalue weighted by Crippen LogP contribution is -2.37. The summed E-state index contributed by atoms with van der Waals surface area (Å²) in [6, 6.07) is 0.334. The molecule has 0 spiro atoms. The molecule has 1 unspecified atom stereocenters. The summed E-state index contributed by atoms with van der Waals surface area (Å²) < 4.78 is 5.25. The second-order valence-corrected chi connectivity index (χ2v) is 5.72. The minimum absolute atomic E-state index is 0.0321. The summed E-state index contributed by atoms with van der Waals surface area (Å²) in [5.74, 6) is 1.27. The Balaban J connectivity index is 0.00000146. The van der Waals surface area contributed by atoms with Gasteiger partial charge in [-0.2, -0.15) is 0 Å². The molecule has 0 aromatic carbocycles. The van der Waals surface area contributed by atoms with E-state index in [0.29, 0.717) is 24.3 Å². The molecule has 1 atom stereocenters. The van der Waals surface area contributed by atoms with Crippen molar-refractivity contribution < 1.29 is 14.3 Å². The largest absolute Gasteiger partial charge is 0.483 e. The van der Waals surface area contributed by atoms with Crippen LogP contribution < -0.4 is 9.64 Å². The molecule has 7 nitrogen and oxygen atoms in total. The minimum Gasteiger partial charge on any atom is -0.483 e. The number of aromatic nitrogens is 2. The molecule has 0 radical (unpaired) electrons. The summed E-state index contributed by atoms with van der Waals surface area (Å²) in [5, 5.41) is 0. The fourth-order valence-electron chi connectivity index (χ4n) is 2.50. The van der Waals surface area contributed by atoms with E-state index >= 15 is 0 Å². The van der Waals surface area contributed by atoms with Crippen LogP contribution in [0.4, 0.5) is 5.95 Å². The first-order valence-corrected chi connectivity index (χ1v) is 9.34. The molecule has 1 fully saturated rings. The molecule has 0 N–H and O–H groups in total. The predicted molar refractivity (Wildman–Crippen MR) is 105 cm³/mol. The van der Waals surface area contributed by atoms with Gasteiger partial charge in [0.1, 0.15) is 12.4 Å². The molecule has 0 saturated carbocycles. The van der Waals surface area contributed by atoms with Gasteiger partial charge in [-0.1, -0.05) is 27.7 Å². The van der Waals surface area contributed by atoms with E-state index in [1.54, 1.807) is 19.3 Å². The third-order valence-electron chi connectivity index (χ3n) is 3.60. The van der Waals surface area contributed by atoms with Gasteiger partial charge in [0.2, 0.25) is 5.95 Å². The Kier molecular flexibility index (Phi) is 12.2. The second-order valence-electron chi connectivity index (χ2n) is 5.72. The van der Waals surface area contributed by atoms with Crippen molar-refractivity contribution in [3.63, 3.8) is 0 Å². The molecule has 26 heavy (non-hydrogen) atoms. The van der Waals surface area contributed by atoms with Gasteiger partial charge in [-0.05, 0) is 27.3 Å². The van der Waals surface area contributed by atoms with Crippen molar-refractivity contribution in [3.8, 4) is 5.75 Å². The van der Waals surface area contributed by atoms with Crippen LogP contribution in [0, 0.1) is 0 Å². The molecule has 148 valence electrons. The van der Waals surface area contributed by atoms with E-state index < -0.39 is 0 Å². The lowest BCUT2D eigenvalue weighted by molar-refractivity contribution is -0.119. The van der Waals surface area contributed by atoms with E-state index in [0.717, 1.165) is 19.5 Å². The monoisotopic (exact) mass is 366 g/mol. The van der Waals surface area contributed by atoms with Crippen molar-refractivity contribution in [2.45, 2.75) is 54.0 Å². The predicted octanol–water partition coefficient (Wildman–Crippen LogP) is 2.60. The van der Waals surface area contributed by atoms with Gasteiger partial charge in [0.15, 0.2) is 11.5 Å². The van der Waals surface area contributed by atoms with Crippen LogP contribution in [0.1, 0.15) is 48.0 Å². The number of rotatable bonds is 7. The number of hydrogen-bond acceptors (Lipinski definition) is 7. The van der Waals surface area contributed by atoms with Crippen LogP contribution in [0.25, 0.3) is 0 Å². The highest BCUT2D eigenvalue weighted by Crippen LogP contribution is 2.20. The number of carbonyl (C=O) groups excluding carboxylic acids is 2. The standard InChI is InChI=1S/C15H22N4O3.2C2H6/c1-11(20)8-18(3)13-4-5-19(9-13)15-16-6-14(7-17-15)22-10-12(2)21;2*1-2/h6-7,13H,4-5,8-10H2,1-3H3;2*1-2H3. The molecule has 0 amide bonds. The third kappa shape index (κ3) is 8.38. The second kappa shape index (κ2) is 13.2. The maximum Gasteiger partial charge on any atom is 0.225 e. The number of Topliss-reactive ketones (excluding diaryl/α,β-unsaturated/α-hetero) is 2. The Morgan fingerprint density at radius 3 is 2.23 bits per heavy atom. The number of likely N-dealkylation sites (N-methyl/N-ethyl adjacent to an activating group) is 1. The van der Waals surface area contributed by atoms with Gasteiger partial charge in [-0.25, -0.2) is 9.97 Å². The first-order chi connectivity index (χ1) is 12.5. The van der Waals surface area contributed by atoms with Gasteiger partial charge in [0.05, 0.1) is 18.9 Å². The van der Waals surface area contributed by atoms with Gasteiger partial charge in [-0.3, -0.25) is 14.5 Å². The summed E-state index contributed by atoms with van der Waals surface area (Å²) in [5.41, 5.74) is 0. The van der Waals surface area contributed by atoms with Gasteiger partial charge in [0.25, 0.3) is 0 Å². The number of ether oxygens (including phenoxy) is 1. The van der Waals surface area contributed by atoms with Crippen LogP contribution in [0.2, 0.25) is 0 Å². The molecular formula is C19H34N4O3. The molecule has 1 aromatic heterocycles. The zero-order valence-electron chi connectivity index (χ0n) is 17.3. The topological polar surface area (TPSA) is 75.6 Å². The number of nitrogens with zero attached hydrogens (tertiary/aromatic N) is 4. The van der Waals surface area contributed by atoms with Crippen molar-refractivity contribution in [2.75, 3.05) is 38.2 Å². The first-order valence-electron chi connectivity index (χ1n) is 9.34. The Hall–Kier alpha value is -2.02. The SMILES string of the molecule is CC.CC.CC(=O)COc1cnc(N2CCC(N(C)CC(C)=O)C2)nc1. The zero-order valence-corrected chi connectivity index (χ0v) is 17.3. The summed E-state index contributed by atoms with van der Waals surface area (Å²) in [6.45, 7) is 13.2. The smallest absolute Gasteiger partial charge is 0.225 e. The van der Waals surface area contributed by atoms with E-state index in [-0.39, 0.29) is 18.2 Å². The Labute approximate surface area is 157 Å². The lowest BCUT2D eigenvalue weighted by Gasteiger charge is -2.23. The van der Waals surface area contributed by atoms with Gasteiger partial charge >= 0.3 is 0 Å². The van der Waals surface area contributed by atoms with E-state index in [4.69, 9.17) is 4.74 Å². The van der Waals surface area contributed by atoms with Crippen molar-refractivity contribution in [2.24, 2.45) is 0 Å². The number of ketones is 2. The lowest BCUT2D eigenvalue weighted by atomic mass is 10.2. The van der Waals surface area contributed by atoms with E-state index in [1.807, 2.05) is 34.7 Å². The molecule has 1 aromatic rings. The summed E-state index contributed by atoms with van der Waals surface area (Å²) in [6.07, 6.45) is 4.14. The number of hydrogen-bond donors (Lipinski definition) is 0. The normalized spacial score (nSPS) is 15.5. The van der Waals surface area contributed by atoms with Gasteiger partial charge in [0, 0.05) is 19.1 Å². The average Bonchev–Trinajstić information content (AvgIpc) is 3.13. The molecule has 1 saturated heterocycles. The van der Waals surface area contributed by atoms with Crippen LogP contribution in [-0.2, 0) is 9.59 Å². The maximum atomic E-state index is 11.2. The average molecular weight is 367 g/mol. The molecule has 7 heteroatoms. The molecule has 0 bridgehead atoms. The molecule has 2 heterocycles. The molecule has 0 aliphatic carbocycles. The fraction of sp³-hybridized carbons (Fsp3) is 0.684. The minimum atomic E-state index is -0.0417. The van der Waals surface area contributed by atoms with Crippen molar-refractivity contribution in [1.82, 2.24) is 14.9 Å². The van der Waals surface area contributed by atoms with Crippen LogP contribution in [0.3, 0.4) is 0 Å². The molecular weight excluding hydrogens is 332 g/mol. The van der Waals surface area contributed by atoms with Crippen molar-refractivity contribution in [1.29, 1.82) is 0 Å². The summed E-state index contributed by atoms with van der Waals surface area (Å²) in [7, 11) is 1.97. The van der Waals surface area contributed by atoms with Crippen molar-refractivity contribution in [3.05, 3.63) is 12.4 Å². The number of anilines is 1. The van der Waals surface area contributed by atoms with Gasteiger partial charge in [-0.15, -0.1) is 0 Å². The Bertz CT molecular complexity index is 534. The van der Waals surface area contributed by atoms with Crippen LogP contribution in [0.15, 0.2) is 12.4 Å².